The standard InChI is InChI=1S/C19H32N4O5S/c24-18-11-17(19(25)20-12-15-1-2-15)14-21(18)13-16-3-5-22(6-4-16)29(26,27)23-7-9-28-10-8-23/h15-17H,1-14H2,(H,20,25). The fourth-order valence-electron chi connectivity index (χ4n) is 4.41. The summed E-state index contributed by atoms with van der Waals surface area (Å²) in [4.78, 5) is 26.5. The summed E-state index contributed by atoms with van der Waals surface area (Å²) in [6, 6.07) is 0. The molecule has 10 heteroatoms. The topological polar surface area (TPSA) is 99.3 Å². The van der Waals surface area contributed by atoms with Crippen molar-refractivity contribution in [1.29, 1.82) is 0 Å². The fourth-order valence-corrected chi connectivity index (χ4v) is 6.02. The van der Waals surface area contributed by atoms with E-state index >= 15 is 0 Å². The van der Waals surface area contributed by atoms with E-state index in [4.69, 9.17) is 4.74 Å². The SMILES string of the molecule is O=C(NCC1CC1)C1CC(=O)N(CC2CCN(S(=O)(=O)N3CCOCC3)CC2)C1. The van der Waals surface area contributed by atoms with E-state index in [1.165, 1.54) is 17.1 Å². The molecule has 1 atom stereocenters. The monoisotopic (exact) mass is 428 g/mol. The van der Waals surface area contributed by atoms with E-state index in [9.17, 15) is 18.0 Å². The molecule has 0 radical (unpaired) electrons. The third-order valence-electron chi connectivity index (χ3n) is 6.52. The average molecular weight is 429 g/mol. The highest BCUT2D eigenvalue weighted by Crippen LogP contribution is 2.29. The van der Waals surface area contributed by atoms with Crippen molar-refractivity contribution in [3.8, 4) is 0 Å². The first-order valence-electron chi connectivity index (χ1n) is 10.8. The highest BCUT2D eigenvalue weighted by Gasteiger charge is 2.38. The zero-order chi connectivity index (χ0) is 20.4. The molecular formula is C19H32N4O5S. The summed E-state index contributed by atoms with van der Waals surface area (Å²) in [5.41, 5.74) is 0. The van der Waals surface area contributed by atoms with E-state index in [0.29, 0.717) is 64.8 Å². The number of hydrogen-bond donors (Lipinski definition) is 1. The van der Waals surface area contributed by atoms with E-state index in [-0.39, 0.29) is 23.7 Å². The van der Waals surface area contributed by atoms with E-state index in [1.807, 2.05) is 0 Å². The normalized spacial score (nSPS) is 28.1. The molecule has 164 valence electrons. The van der Waals surface area contributed by atoms with Gasteiger partial charge < -0.3 is 15.0 Å². The second-order valence-corrected chi connectivity index (χ2v) is 10.7. The summed E-state index contributed by atoms with van der Waals surface area (Å²) in [5.74, 6) is 0.705. The van der Waals surface area contributed by atoms with Gasteiger partial charge in [0, 0.05) is 52.2 Å². The molecule has 2 amide bonds. The maximum atomic E-state index is 12.8. The van der Waals surface area contributed by atoms with Crippen LogP contribution in [0, 0.1) is 17.8 Å². The van der Waals surface area contributed by atoms with Crippen molar-refractivity contribution in [2.45, 2.75) is 32.1 Å². The Bertz CT molecular complexity index is 712. The molecule has 0 aromatic carbocycles. The minimum Gasteiger partial charge on any atom is -0.379 e. The Morgan fingerprint density at radius 3 is 2.31 bits per heavy atom. The average Bonchev–Trinajstić information content (AvgIpc) is 3.49. The van der Waals surface area contributed by atoms with Crippen LogP contribution in [0.3, 0.4) is 0 Å². The number of ether oxygens (including phenoxy) is 1. The number of nitrogens with zero attached hydrogens (tertiary/aromatic N) is 3. The summed E-state index contributed by atoms with van der Waals surface area (Å²) in [6.45, 7) is 4.53. The van der Waals surface area contributed by atoms with E-state index in [1.54, 1.807) is 9.21 Å². The molecule has 1 unspecified atom stereocenters. The Labute approximate surface area is 172 Å². The van der Waals surface area contributed by atoms with Gasteiger partial charge in [-0.2, -0.15) is 17.0 Å². The molecule has 1 saturated carbocycles. The molecule has 3 aliphatic heterocycles. The summed E-state index contributed by atoms with van der Waals surface area (Å²) < 4.78 is 33.8. The Hall–Kier alpha value is -1.23. The smallest absolute Gasteiger partial charge is 0.282 e. The molecule has 9 nitrogen and oxygen atoms in total. The van der Waals surface area contributed by atoms with Crippen molar-refractivity contribution in [3.63, 3.8) is 0 Å². The first kappa shape index (κ1) is 21.0. The number of carbonyl (C=O) groups excluding carboxylic acids is 2. The number of rotatable bonds is 7. The molecule has 0 aromatic heterocycles. The number of likely N-dealkylation sites (tertiary alicyclic amines) is 1. The van der Waals surface area contributed by atoms with Crippen LogP contribution in [0.2, 0.25) is 0 Å². The predicted octanol–water partition coefficient (Wildman–Crippen LogP) is -0.350. The molecule has 1 aliphatic carbocycles. The van der Waals surface area contributed by atoms with Crippen molar-refractivity contribution in [2.75, 3.05) is 59.0 Å². The number of nitrogens with one attached hydrogen (secondary N) is 1. The minimum absolute atomic E-state index is 0.000765. The van der Waals surface area contributed by atoms with Gasteiger partial charge in [-0.1, -0.05) is 0 Å². The number of piperidine rings is 1. The summed E-state index contributed by atoms with van der Waals surface area (Å²) >= 11 is 0. The van der Waals surface area contributed by atoms with Gasteiger partial charge in [-0.25, -0.2) is 0 Å². The summed E-state index contributed by atoms with van der Waals surface area (Å²) in [6.07, 6.45) is 4.16. The van der Waals surface area contributed by atoms with Gasteiger partial charge in [-0.3, -0.25) is 9.59 Å². The van der Waals surface area contributed by atoms with E-state index < -0.39 is 10.2 Å². The number of amides is 2. The van der Waals surface area contributed by atoms with Gasteiger partial charge in [0.05, 0.1) is 19.1 Å². The van der Waals surface area contributed by atoms with Gasteiger partial charge >= 0.3 is 0 Å². The lowest BCUT2D eigenvalue weighted by Gasteiger charge is -2.37. The maximum Gasteiger partial charge on any atom is 0.282 e. The molecule has 1 N–H and O–H groups in total. The van der Waals surface area contributed by atoms with Gasteiger partial charge in [0.1, 0.15) is 0 Å². The predicted molar refractivity (Wildman–Crippen MR) is 106 cm³/mol. The quantitative estimate of drug-likeness (QED) is 0.598. The lowest BCUT2D eigenvalue weighted by atomic mass is 9.97. The van der Waals surface area contributed by atoms with Crippen LogP contribution < -0.4 is 5.32 Å². The second kappa shape index (κ2) is 8.87. The van der Waals surface area contributed by atoms with Gasteiger partial charge in [-0.15, -0.1) is 0 Å². The lowest BCUT2D eigenvalue weighted by Crippen LogP contribution is -2.51. The first-order chi connectivity index (χ1) is 13.9. The third-order valence-corrected chi connectivity index (χ3v) is 8.56. The van der Waals surface area contributed by atoms with Crippen LogP contribution in [0.15, 0.2) is 0 Å². The highest BCUT2D eigenvalue weighted by molar-refractivity contribution is 7.86. The van der Waals surface area contributed by atoms with Crippen LogP contribution in [-0.4, -0.2) is 92.8 Å². The van der Waals surface area contributed by atoms with E-state index in [0.717, 1.165) is 19.4 Å². The molecular weight excluding hydrogens is 396 g/mol. The van der Waals surface area contributed by atoms with Crippen LogP contribution >= 0.6 is 0 Å². The van der Waals surface area contributed by atoms with Gasteiger partial charge in [0.25, 0.3) is 10.2 Å². The molecule has 4 rings (SSSR count). The molecule has 3 saturated heterocycles. The van der Waals surface area contributed by atoms with Crippen LogP contribution in [0.25, 0.3) is 0 Å². The first-order valence-corrected chi connectivity index (χ1v) is 12.2. The maximum absolute atomic E-state index is 12.8. The Kier molecular flexibility index (Phi) is 6.43. The fraction of sp³-hybridized carbons (Fsp3) is 0.895. The highest BCUT2D eigenvalue weighted by atomic mass is 32.2. The molecule has 4 fully saturated rings. The largest absolute Gasteiger partial charge is 0.379 e. The van der Waals surface area contributed by atoms with Crippen LogP contribution in [0.5, 0.6) is 0 Å². The van der Waals surface area contributed by atoms with Crippen LogP contribution in [0.1, 0.15) is 32.1 Å². The Balaban J connectivity index is 1.23. The van der Waals surface area contributed by atoms with Crippen LogP contribution in [0.4, 0.5) is 0 Å². The van der Waals surface area contributed by atoms with Crippen molar-refractivity contribution in [1.82, 2.24) is 18.8 Å². The number of carbonyl (C=O) groups is 2. The molecule has 3 heterocycles. The molecule has 4 aliphatic rings. The molecule has 0 bridgehead atoms. The minimum atomic E-state index is -3.42. The van der Waals surface area contributed by atoms with Gasteiger partial charge in [-0.05, 0) is 37.5 Å². The molecule has 0 spiro atoms. The zero-order valence-electron chi connectivity index (χ0n) is 16.9. The van der Waals surface area contributed by atoms with Gasteiger partial charge in [0.15, 0.2) is 0 Å². The molecule has 0 aromatic rings. The van der Waals surface area contributed by atoms with Gasteiger partial charge in [0.2, 0.25) is 11.8 Å². The summed E-state index contributed by atoms with van der Waals surface area (Å²) in [7, 11) is -3.42. The van der Waals surface area contributed by atoms with Crippen molar-refractivity contribution < 1.29 is 22.7 Å². The van der Waals surface area contributed by atoms with Crippen molar-refractivity contribution in [3.05, 3.63) is 0 Å². The number of hydrogen-bond acceptors (Lipinski definition) is 5. The van der Waals surface area contributed by atoms with Crippen LogP contribution in [-0.2, 0) is 24.5 Å². The summed E-state index contributed by atoms with van der Waals surface area (Å²) in [5, 5.41) is 2.98. The lowest BCUT2D eigenvalue weighted by molar-refractivity contribution is -0.129. The third kappa shape index (κ3) is 5.10. The number of morpholine rings is 1. The Morgan fingerprint density at radius 2 is 1.66 bits per heavy atom. The van der Waals surface area contributed by atoms with Crippen molar-refractivity contribution >= 4 is 22.0 Å². The second-order valence-electron chi connectivity index (χ2n) is 8.75. The van der Waals surface area contributed by atoms with Crippen molar-refractivity contribution in [2.24, 2.45) is 17.8 Å². The Morgan fingerprint density at radius 1 is 1.00 bits per heavy atom. The zero-order valence-corrected chi connectivity index (χ0v) is 17.7. The molecule has 29 heavy (non-hydrogen) atoms. The van der Waals surface area contributed by atoms with E-state index in [2.05, 4.69) is 5.32 Å².